The van der Waals surface area contributed by atoms with Crippen LogP contribution in [0.4, 0.5) is 4.39 Å². The summed E-state index contributed by atoms with van der Waals surface area (Å²) in [6, 6.07) is 4.65. The lowest BCUT2D eigenvalue weighted by molar-refractivity contribution is 0.0642. The van der Waals surface area contributed by atoms with E-state index in [1.54, 1.807) is 6.07 Å². The minimum atomic E-state index is -0.495. The van der Waals surface area contributed by atoms with E-state index < -0.39 is 5.82 Å². The number of carbonyl (C=O) groups is 1. The second-order valence-electron chi connectivity index (χ2n) is 5.33. The van der Waals surface area contributed by atoms with Crippen molar-refractivity contribution in [2.75, 3.05) is 26.7 Å². The van der Waals surface area contributed by atoms with Gasteiger partial charge in [0.15, 0.2) is 11.6 Å². The van der Waals surface area contributed by atoms with Crippen molar-refractivity contribution in [2.24, 2.45) is 0 Å². The van der Waals surface area contributed by atoms with E-state index >= 15 is 0 Å². The molecule has 0 aromatic heterocycles. The number of halogens is 2. The molecule has 0 aliphatic carbocycles. The average Bonchev–Trinajstić information content (AvgIpc) is 2.52. The van der Waals surface area contributed by atoms with Gasteiger partial charge in [0.05, 0.1) is 7.11 Å². The summed E-state index contributed by atoms with van der Waals surface area (Å²) >= 11 is 0. The maximum Gasteiger partial charge on any atom is 0.254 e. The zero-order valence-corrected chi connectivity index (χ0v) is 13.9. The number of ether oxygens (including phenoxy) is 1. The first-order valence-corrected chi connectivity index (χ1v) is 7.52. The quantitative estimate of drug-likeness (QED) is 0.902. The van der Waals surface area contributed by atoms with Gasteiger partial charge in [0.2, 0.25) is 0 Å². The van der Waals surface area contributed by atoms with Gasteiger partial charge in [-0.2, -0.15) is 0 Å². The second-order valence-corrected chi connectivity index (χ2v) is 5.33. The Morgan fingerprint density at radius 3 is 2.64 bits per heavy atom. The van der Waals surface area contributed by atoms with E-state index in [1.807, 2.05) is 4.90 Å². The third-order valence-electron chi connectivity index (χ3n) is 3.87. The van der Waals surface area contributed by atoms with Crippen molar-refractivity contribution in [1.82, 2.24) is 10.2 Å². The molecule has 1 aliphatic heterocycles. The Labute approximate surface area is 137 Å². The standard InChI is InChI=1S/C16H23FN2O2.ClH/c1-3-10-19(13-6-8-18-9-7-13)16(20)12-4-5-15(21-2)14(17)11-12;/h4-5,11,13,18H,3,6-10H2,1-2H3;1H. The molecule has 1 heterocycles. The number of methoxy groups -OCH3 is 1. The van der Waals surface area contributed by atoms with Crippen LogP contribution in [0.15, 0.2) is 18.2 Å². The molecule has 22 heavy (non-hydrogen) atoms. The molecule has 6 heteroatoms. The third kappa shape index (κ3) is 4.34. The van der Waals surface area contributed by atoms with Crippen molar-refractivity contribution in [3.05, 3.63) is 29.6 Å². The molecule has 0 spiro atoms. The molecule has 1 saturated heterocycles. The number of piperidine rings is 1. The monoisotopic (exact) mass is 330 g/mol. The lowest BCUT2D eigenvalue weighted by atomic mass is 10.0. The first-order chi connectivity index (χ1) is 10.2. The Hall–Kier alpha value is -1.33. The first-order valence-electron chi connectivity index (χ1n) is 7.52. The summed E-state index contributed by atoms with van der Waals surface area (Å²) in [5, 5.41) is 3.30. The van der Waals surface area contributed by atoms with Gasteiger partial charge >= 0.3 is 0 Å². The fourth-order valence-corrected chi connectivity index (χ4v) is 2.77. The van der Waals surface area contributed by atoms with E-state index in [-0.39, 0.29) is 30.1 Å². The maximum absolute atomic E-state index is 13.8. The molecule has 0 radical (unpaired) electrons. The van der Waals surface area contributed by atoms with Crippen LogP contribution in [0, 0.1) is 5.82 Å². The van der Waals surface area contributed by atoms with Crippen LogP contribution in [0.1, 0.15) is 36.5 Å². The van der Waals surface area contributed by atoms with Crippen LogP contribution in [0.25, 0.3) is 0 Å². The normalized spacial score (nSPS) is 15.0. The molecule has 1 fully saturated rings. The van der Waals surface area contributed by atoms with E-state index in [0.717, 1.165) is 32.4 Å². The highest BCUT2D eigenvalue weighted by atomic mass is 35.5. The number of hydrogen-bond donors (Lipinski definition) is 1. The summed E-state index contributed by atoms with van der Waals surface area (Å²) in [5.41, 5.74) is 0.389. The predicted octanol–water partition coefficient (Wildman–Crippen LogP) is 2.86. The van der Waals surface area contributed by atoms with Gasteiger partial charge in [-0.25, -0.2) is 4.39 Å². The SMILES string of the molecule is CCCN(C(=O)c1ccc(OC)c(F)c1)C1CCNCC1.Cl. The van der Waals surface area contributed by atoms with Crippen molar-refractivity contribution in [1.29, 1.82) is 0 Å². The summed E-state index contributed by atoms with van der Waals surface area (Å²) in [6.07, 6.45) is 2.79. The highest BCUT2D eigenvalue weighted by molar-refractivity contribution is 5.94. The van der Waals surface area contributed by atoms with Crippen LogP contribution in [-0.2, 0) is 0 Å². The number of amides is 1. The van der Waals surface area contributed by atoms with Crippen molar-refractivity contribution in [2.45, 2.75) is 32.2 Å². The van der Waals surface area contributed by atoms with Crippen LogP contribution in [0.2, 0.25) is 0 Å². The summed E-state index contributed by atoms with van der Waals surface area (Å²) < 4.78 is 18.7. The van der Waals surface area contributed by atoms with Crippen molar-refractivity contribution >= 4 is 18.3 Å². The van der Waals surface area contributed by atoms with Crippen LogP contribution in [0.5, 0.6) is 5.75 Å². The molecule has 0 atom stereocenters. The number of benzene rings is 1. The average molecular weight is 331 g/mol. The molecule has 1 amide bonds. The van der Waals surface area contributed by atoms with Gasteiger partial charge in [-0.15, -0.1) is 12.4 Å². The van der Waals surface area contributed by atoms with Gasteiger partial charge in [-0.3, -0.25) is 4.79 Å². The van der Waals surface area contributed by atoms with Crippen LogP contribution in [0.3, 0.4) is 0 Å². The largest absolute Gasteiger partial charge is 0.494 e. The smallest absolute Gasteiger partial charge is 0.254 e. The zero-order chi connectivity index (χ0) is 15.2. The Kier molecular flexibility index (Phi) is 7.62. The van der Waals surface area contributed by atoms with Crippen molar-refractivity contribution in [3.8, 4) is 5.75 Å². The predicted molar refractivity (Wildman–Crippen MR) is 87.4 cm³/mol. The Morgan fingerprint density at radius 1 is 1.41 bits per heavy atom. The lowest BCUT2D eigenvalue weighted by Crippen LogP contribution is -2.46. The third-order valence-corrected chi connectivity index (χ3v) is 3.87. The second kappa shape index (κ2) is 8.96. The maximum atomic E-state index is 13.8. The van der Waals surface area contributed by atoms with Gasteiger partial charge in [-0.1, -0.05) is 6.92 Å². The van der Waals surface area contributed by atoms with Gasteiger partial charge < -0.3 is 15.0 Å². The molecule has 4 nitrogen and oxygen atoms in total. The molecule has 0 saturated carbocycles. The van der Waals surface area contributed by atoms with Crippen LogP contribution >= 0.6 is 12.4 Å². The Morgan fingerprint density at radius 2 is 2.09 bits per heavy atom. The lowest BCUT2D eigenvalue weighted by Gasteiger charge is -2.34. The number of hydrogen-bond acceptors (Lipinski definition) is 3. The summed E-state index contributed by atoms with van der Waals surface area (Å²) in [4.78, 5) is 14.6. The summed E-state index contributed by atoms with van der Waals surface area (Å²) in [6.45, 7) is 4.61. The van der Waals surface area contributed by atoms with E-state index in [4.69, 9.17) is 4.74 Å². The van der Waals surface area contributed by atoms with E-state index in [2.05, 4.69) is 12.2 Å². The molecule has 1 aromatic rings. The highest BCUT2D eigenvalue weighted by Gasteiger charge is 2.26. The van der Waals surface area contributed by atoms with E-state index in [0.29, 0.717) is 12.1 Å². The highest BCUT2D eigenvalue weighted by Crippen LogP contribution is 2.21. The number of carbonyl (C=O) groups excluding carboxylic acids is 1. The summed E-state index contributed by atoms with van der Waals surface area (Å²) in [7, 11) is 1.42. The van der Waals surface area contributed by atoms with Gasteiger partial charge in [-0.05, 0) is 50.6 Å². The fraction of sp³-hybridized carbons (Fsp3) is 0.562. The fourth-order valence-electron chi connectivity index (χ4n) is 2.77. The van der Waals surface area contributed by atoms with Crippen molar-refractivity contribution < 1.29 is 13.9 Å². The van der Waals surface area contributed by atoms with Gasteiger partial charge in [0.25, 0.3) is 5.91 Å². The van der Waals surface area contributed by atoms with E-state index in [1.165, 1.54) is 19.2 Å². The number of nitrogens with zero attached hydrogens (tertiary/aromatic N) is 1. The van der Waals surface area contributed by atoms with Gasteiger partial charge in [0.1, 0.15) is 0 Å². The molecule has 0 unspecified atom stereocenters. The Balaban J connectivity index is 0.00000242. The van der Waals surface area contributed by atoms with Gasteiger partial charge in [0, 0.05) is 18.2 Å². The van der Waals surface area contributed by atoms with Crippen molar-refractivity contribution in [3.63, 3.8) is 0 Å². The molecule has 1 aliphatic rings. The molecule has 1 N–H and O–H groups in total. The zero-order valence-electron chi connectivity index (χ0n) is 13.1. The van der Waals surface area contributed by atoms with Crippen LogP contribution < -0.4 is 10.1 Å². The van der Waals surface area contributed by atoms with E-state index in [9.17, 15) is 9.18 Å². The minimum absolute atomic E-state index is 0. The molecule has 2 rings (SSSR count). The molecular formula is C16H24ClFN2O2. The Bertz CT molecular complexity index is 493. The first kappa shape index (κ1) is 18.7. The summed E-state index contributed by atoms with van der Waals surface area (Å²) in [5.74, 6) is -0.425. The molecule has 0 bridgehead atoms. The van der Waals surface area contributed by atoms with Crippen LogP contribution in [-0.4, -0.2) is 43.6 Å². The molecule has 1 aromatic carbocycles. The molecular weight excluding hydrogens is 307 g/mol. The molecule has 124 valence electrons. The number of rotatable bonds is 5. The topological polar surface area (TPSA) is 41.6 Å². The number of nitrogens with one attached hydrogen (secondary N) is 1. The minimum Gasteiger partial charge on any atom is -0.494 e.